The third kappa shape index (κ3) is 3.50. The van der Waals surface area contributed by atoms with Crippen LogP contribution in [0.1, 0.15) is 10.4 Å². The maximum atomic E-state index is 12.4. The molecule has 2 aromatic carbocycles. The SMILES string of the molecule is O=c1oc2cc(/C=C/c3cccs3)ccc2cc1-c1ccc(Br)cc1. The molecule has 2 heterocycles. The van der Waals surface area contributed by atoms with Crippen molar-refractivity contribution in [3.63, 3.8) is 0 Å². The molecule has 0 bridgehead atoms. The van der Waals surface area contributed by atoms with Crippen molar-refractivity contribution < 1.29 is 4.42 Å². The summed E-state index contributed by atoms with van der Waals surface area (Å²) < 4.78 is 6.53. The van der Waals surface area contributed by atoms with Crippen LogP contribution in [0.25, 0.3) is 34.2 Å². The van der Waals surface area contributed by atoms with Crippen molar-refractivity contribution in [1.29, 1.82) is 0 Å². The third-order valence-electron chi connectivity index (χ3n) is 3.90. The highest BCUT2D eigenvalue weighted by atomic mass is 79.9. The summed E-state index contributed by atoms with van der Waals surface area (Å²) in [4.78, 5) is 13.6. The van der Waals surface area contributed by atoms with E-state index < -0.39 is 0 Å². The van der Waals surface area contributed by atoms with Gasteiger partial charge in [0.15, 0.2) is 0 Å². The molecule has 0 amide bonds. The second-order valence-corrected chi connectivity index (χ2v) is 7.50. The van der Waals surface area contributed by atoms with Crippen LogP contribution in [0.5, 0.6) is 0 Å². The van der Waals surface area contributed by atoms with Gasteiger partial charge in [-0.25, -0.2) is 4.79 Å². The summed E-state index contributed by atoms with van der Waals surface area (Å²) in [5, 5.41) is 2.95. The fraction of sp³-hybridized carbons (Fsp3) is 0. The zero-order valence-corrected chi connectivity index (χ0v) is 15.5. The fourth-order valence-corrected chi connectivity index (χ4v) is 3.51. The van der Waals surface area contributed by atoms with Gasteiger partial charge in [0.2, 0.25) is 0 Å². The summed E-state index contributed by atoms with van der Waals surface area (Å²) in [6.07, 6.45) is 4.08. The van der Waals surface area contributed by atoms with Crippen molar-refractivity contribution in [3.8, 4) is 11.1 Å². The lowest BCUT2D eigenvalue weighted by Gasteiger charge is -2.04. The van der Waals surface area contributed by atoms with E-state index in [-0.39, 0.29) is 5.63 Å². The smallest absolute Gasteiger partial charge is 0.344 e. The molecule has 0 spiro atoms. The van der Waals surface area contributed by atoms with Gasteiger partial charge in [-0.2, -0.15) is 0 Å². The van der Waals surface area contributed by atoms with Gasteiger partial charge in [-0.15, -0.1) is 11.3 Å². The Morgan fingerprint density at radius 3 is 2.56 bits per heavy atom. The quantitative estimate of drug-likeness (QED) is 0.364. The first-order valence-electron chi connectivity index (χ1n) is 7.74. The average molecular weight is 409 g/mol. The summed E-state index contributed by atoms with van der Waals surface area (Å²) in [5.74, 6) is 0. The first kappa shape index (κ1) is 16.1. The molecule has 0 saturated carbocycles. The van der Waals surface area contributed by atoms with E-state index in [1.807, 2.05) is 66.1 Å². The van der Waals surface area contributed by atoms with Crippen LogP contribution in [0, 0.1) is 0 Å². The van der Waals surface area contributed by atoms with E-state index in [4.69, 9.17) is 4.42 Å². The molecule has 2 aromatic heterocycles. The topological polar surface area (TPSA) is 30.2 Å². The Hall–Kier alpha value is -2.43. The van der Waals surface area contributed by atoms with Crippen molar-refractivity contribution >= 4 is 50.4 Å². The Morgan fingerprint density at radius 1 is 0.960 bits per heavy atom. The summed E-state index contributed by atoms with van der Waals surface area (Å²) in [7, 11) is 0. The Bertz CT molecular complexity index is 1110. The van der Waals surface area contributed by atoms with E-state index in [0.717, 1.165) is 21.0 Å². The monoisotopic (exact) mass is 408 g/mol. The van der Waals surface area contributed by atoms with Crippen LogP contribution in [0.15, 0.2) is 79.7 Å². The van der Waals surface area contributed by atoms with Gasteiger partial charge in [0, 0.05) is 14.7 Å². The minimum atomic E-state index is -0.325. The maximum Gasteiger partial charge on any atom is 0.344 e. The minimum Gasteiger partial charge on any atom is -0.422 e. The molecule has 0 aliphatic rings. The molecule has 0 radical (unpaired) electrons. The number of benzene rings is 2. The van der Waals surface area contributed by atoms with Gasteiger partial charge in [0.1, 0.15) is 5.58 Å². The molecule has 0 atom stereocenters. The van der Waals surface area contributed by atoms with Crippen LogP contribution in [0.4, 0.5) is 0 Å². The Morgan fingerprint density at radius 2 is 1.80 bits per heavy atom. The van der Waals surface area contributed by atoms with Crippen molar-refractivity contribution in [3.05, 3.63) is 91.4 Å². The largest absolute Gasteiger partial charge is 0.422 e. The molecule has 4 rings (SSSR count). The molecule has 2 nitrogen and oxygen atoms in total. The third-order valence-corrected chi connectivity index (χ3v) is 5.26. The lowest BCUT2D eigenvalue weighted by Crippen LogP contribution is -2.02. The van der Waals surface area contributed by atoms with Crippen LogP contribution < -0.4 is 5.63 Å². The Balaban J connectivity index is 1.74. The van der Waals surface area contributed by atoms with E-state index in [0.29, 0.717) is 11.1 Å². The van der Waals surface area contributed by atoms with Gasteiger partial charge in [-0.05, 0) is 52.9 Å². The predicted molar refractivity (Wildman–Crippen MR) is 109 cm³/mol. The van der Waals surface area contributed by atoms with Crippen LogP contribution >= 0.6 is 27.3 Å². The van der Waals surface area contributed by atoms with Crippen LogP contribution in [-0.4, -0.2) is 0 Å². The summed E-state index contributed by atoms with van der Waals surface area (Å²) in [5.41, 5.74) is 2.69. The average Bonchev–Trinajstić information content (AvgIpc) is 3.14. The molecule has 4 heteroatoms. The molecule has 0 N–H and O–H groups in total. The van der Waals surface area contributed by atoms with Crippen molar-refractivity contribution in [2.45, 2.75) is 0 Å². The molecule has 25 heavy (non-hydrogen) atoms. The van der Waals surface area contributed by atoms with Crippen molar-refractivity contribution in [2.24, 2.45) is 0 Å². The molecular weight excluding hydrogens is 396 g/mol. The summed E-state index contributed by atoms with van der Waals surface area (Å²) in [6.45, 7) is 0. The van der Waals surface area contributed by atoms with E-state index in [2.05, 4.69) is 28.1 Å². The molecular formula is C21H13BrO2S. The molecule has 0 unspecified atom stereocenters. The van der Waals surface area contributed by atoms with Crippen molar-refractivity contribution in [2.75, 3.05) is 0 Å². The lowest BCUT2D eigenvalue weighted by atomic mass is 10.1. The van der Waals surface area contributed by atoms with E-state index in [1.165, 1.54) is 4.88 Å². The van der Waals surface area contributed by atoms with E-state index in [1.54, 1.807) is 11.3 Å². The first-order valence-corrected chi connectivity index (χ1v) is 9.42. The van der Waals surface area contributed by atoms with Gasteiger partial charge < -0.3 is 4.42 Å². The van der Waals surface area contributed by atoms with Gasteiger partial charge in [-0.3, -0.25) is 0 Å². The standard InChI is InChI=1S/C21H13BrO2S/c22-17-8-6-15(7-9-17)19-13-16-5-3-14(12-20(16)24-21(19)23)4-10-18-2-1-11-25-18/h1-13H/b10-4+. The predicted octanol–water partition coefficient (Wildman–Crippen LogP) is 6.45. The molecule has 122 valence electrons. The maximum absolute atomic E-state index is 12.4. The fourth-order valence-electron chi connectivity index (χ4n) is 2.63. The zero-order valence-electron chi connectivity index (χ0n) is 13.1. The highest BCUT2D eigenvalue weighted by Crippen LogP contribution is 2.24. The van der Waals surface area contributed by atoms with E-state index >= 15 is 0 Å². The van der Waals surface area contributed by atoms with Gasteiger partial charge in [0.05, 0.1) is 5.56 Å². The number of hydrogen-bond donors (Lipinski definition) is 0. The number of hydrogen-bond acceptors (Lipinski definition) is 3. The molecule has 0 fully saturated rings. The summed E-state index contributed by atoms with van der Waals surface area (Å²) in [6, 6.07) is 19.5. The van der Waals surface area contributed by atoms with Crippen LogP contribution in [0.2, 0.25) is 0 Å². The number of halogens is 1. The molecule has 4 aromatic rings. The van der Waals surface area contributed by atoms with Gasteiger partial charge in [-0.1, -0.05) is 52.3 Å². The van der Waals surface area contributed by atoms with Gasteiger partial charge >= 0.3 is 5.63 Å². The number of rotatable bonds is 3. The normalized spacial score (nSPS) is 11.4. The highest BCUT2D eigenvalue weighted by Gasteiger charge is 2.08. The first-order chi connectivity index (χ1) is 12.2. The zero-order chi connectivity index (χ0) is 17.2. The van der Waals surface area contributed by atoms with Gasteiger partial charge in [0.25, 0.3) is 0 Å². The Kier molecular flexibility index (Phi) is 4.38. The molecule has 0 aliphatic carbocycles. The summed E-state index contributed by atoms with van der Waals surface area (Å²) >= 11 is 5.09. The van der Waals surface area contributed by atoms with Crippen molar-refractivity contribution in [1.82, 2.24) is 0 Å². The van der Waals surface area contributed by atoms with Crippen LogP contribution in [-0.2, 0) is 0 Å². The van der Waals surface area contributed by atoms with Crippen LogP contribution in [0.3, 0.4) is 0 Å². The van der Waals surface area contributed by atoms with E-state index in [9.17, 15) is 4.79 Å². The lowest BCUT2D eigenvalue weighted by molar-refractivity contribution is 0.563. The minimum absolute atomic E-state index is 0.325. The number of thiophene rings is 1. The Labute approximate surface area is 157 Å². The number of fused-ring (bicyclic) bond motifs is 1. The molecule has 0 saturated heterocycles. The second-order valence-electron chi connectivity index (χ2n) is 5.60. The molecule has 0 aliphatic heterocycles. The highest BCUT2D eigenvalue weighted by molar-refractivity contribution is 9.10. The second kappa shape index (κ2) is 6.82.